The molecule has 0 heterocycles. The summed E-state index contributed by atoms with van der Waals surface area (Å²) >= 11 is 5.85. The monoisotopic (exact) mass is 432 g/mol. The van der Waals surface area contributed by atoms with Crippen LogP contribution in [0.25, 0.3) is 0 Å². The van der Waals surface area contributed by atoms with E-state index < -0.39 is 11.5 Å². The van der Waals surface area contributed by atoms with E-state index in [1.165, 1.54) is 4.90 Å². The summed E-state index contributed by atoms with van der Waals surface area (Å²) in [6.07, 6.45) is 0. The van der Waals surface area contributed by atoms with E-state index in [1.54, 1.807) is 69.4 Å². The molecule has 0 fully saturated rings. The molecule has 30 heavy (non-hydrogen) atoms. The van der Waals surface area contributed by atoms with Gasteiger partial charge in [-0.1, -0.05) is 11.6 Å². The van der Waals surface area contributed by atoms with Crippen molar-refractivity contribution < 1.29 is 24.2 Å². The molecule has 2 N–H and O–H groups in total. The number of aliphatic hydroxyl groups excluding tert-OH is 1. The molecule has 2 aromatic rings. The third kappa shape index (κ3) is 6.30. The maximum Gasteiger partial charge on any atom is 0.264 e. The zero-order valence-corrected chi connectivity index (χ0v) is 17.9. The Labute approximate surface area is 180 Å². The number of nitrogens with one attached hydrogen (secondary N) is 1. The van der Waals surface area contributed by atoms with Gasteiger partial charge < -0.3 is 20.1 Å². The number of carbonyl (C=O) groups is 3. The first-order valence-corrected chi connectivity index (χ1v) is 9.74. The Morgan fingerprint density at radius 2 is 1.57 bits per heavy atom. The summed E-state index contributed by atoms with van der Waals surface area (Å²) in [5.74, 6) is -0.528. The van der Waals surface area contributed by atoms with Crippen LogP contribution < -0.4 is 10.1 Å². The van der Waals surface area contributed by atoms with Crippen LogP contribution in [0.15, 0.2) is 48.5 Å². The lowest BCUT2D eigenvalue weighted by Crippen LogP contribution is -2.49. The fraction of sp³-hybridized carbons (Fsp3) is 0.318. The highest BCUT2D eigenvalue weighted by Gasteiger charge is 2.30. The van der Waals surface area contributed by atoms with Crippen LogP contribution in [-0.2, 0) is 9.59 Å². The molecule has 0 saturated carbocycles. The second-order valence-electron chi connectivity index (χ2n) is 7.19. The number of hydrogen-bond acceptors (Lipinski definition) is 5. The predicted molar refractivity (Wildman–Crippen MR) is 114 cm³/mol. The van der Waals surface area contributed by atoms with Crippen LogP contribution >= 0.6 is 11.6 Å². The maximum atomic E-state index is 12.5. The number of benzene rings is 2. The Bertz CT molecular complexity index is 895. The lowest BCUT2D eigenvalue weighted by Gasteiger charge is -2.26. The fourth-order valence-corrected chi connectivity index (χ4v) is 2.69. The summed E-state index contributed by atoms with van der Waals surface area (Å²) in [6.45, 7) is 3.00. The van der Waals surface area contributed by atoms with Gasteiger partial charge in [0.25, 0.3) is 5.91 Å². The molecular formula is C22H25ClN2O5. The molecule has 0 saturated heterocycles. The zero-order chi connectivity index (χ0) is 22.3. The summed E-state index contributed by atoms with van der Waals surface area (Å²) in [4.78, 5) is 38.1. The van der Waals surface area contributed by atoms with Gasteiger partial charge in [-0.15, -0.1) is 0 Å². The van der Waals surface area contributed by atoms with E-state index >= 15 is 0 Å². The molecular weight excluding hydrogens is 408 g/mol. The Morgan fingerprint density at radius 3 is 2.10 bits per heavy atom. The van der Waals surface area contributed by atoms with Gasteiger partial charge >= 0.3 is 0 Å². The van der Waals surface area contributed by atoms with Crippen molar-refractivity contribution in [1.29, 1.82) is 0 Å². The molecule has 160 valence electrons. The summed E-state index contributed by atoms with van der Waals surface area (Å²) in [6, 6.07) is 13.1. The van der Waals surface area contributed by atoms with E-state index in [0.29, 0.717) is 21.9 Å². The third-order valence-electron chi connectivity index (χ3n) is 4.40. The molecule has 0 atom stereocenters. The molecule has 0 aliphatic rings. The molecule has 0 radical (unpaired) electrons. The van der Waals surface area contributed by atoms with Crippen LogP contribution in [-0.4, -0.2) is 59.9 Å². The van der Waals surface area contributed by atoms with Crippen molar-refractivity contribution in [3.63, 3.8) is 0 Å². The number of aliphatic hydroxyl groups is 1. The fourth-order valence-electron chi connectivity index (χ4n) is 2.56. The van der Waals surface area contributed by atoms with Crippen LogP contribution in [0.4, 0.5) is 0 Å². The number of carbonyl (C=O) groups excluding carboxylic acids is 3. The van der Waals surface area contributed by atoms with Crippen LogP contribution in [0, 0.1) is 0 Å². The number of ether oxygens (including phenoxy) is 1. The van der Waals surface area contributed by atoms with E-state index in [9.17, 15) is 14.4 Å². The van der Waals surface area contributed by atoms with Crippen molar-refractivity contribution in [2.24, 2.45) is 0 Å². The Kier molecular flexibility index (Phi) is 7.97. The average molecular weight is 433 g/mol. The molecule has 0 spiro atoms. The van der Waals surface area contributed by atoms with E-state index in [0.717, 1.165) is 0 Å². The van der Waals surface area contributed by atoms with Crippen molar-refractivity contribution >= 4 is 29.2 Å². The van der Waals surface area contributed by atoms with Gasteiger partial charge in [0.2, 0.25) is 5.91 Å². The standard InChI is InChI=1S/C22H25ClN2O5/c1-22(2,21(29)24-14-19(27)25(3)12-13-26)30-18-10-6-16(7-11-18)20(28)15-4-8-17(23)9-5-15/h4-11,26H,12-14H2,1-3H3,(H,24,29). The van der Waals surface area contributed by atoms with E-state index in [-0.39, 0.29) is 31.4 Å². The van der Waals surface area contributed by atoms with E-state index in [4.69, 9.17) is 21.4 Å². The summed E-state index contributed by atoms with van der Waals surface area (Å²) < 4.78 is 5.75. The van der Waals surface area contributed by atoms with Gasteiger partial charge in [0.1, 0.15) is 5.75 Å². The Hall–Kier alpha value is -2.90. The predicted octanol–water partition coefficient (Wildman–Crippen LogP) is 2.30. The van der Waals surface area contributed by atoms with Gasteiger partial charge in [0.05, 0.1) is 13.2 Å². The highest BCUT2D eigenvalue weighted by atomic mass is 35.5. The SMILES string of the molecule is CN(CCO)C(=O)CNC(=O)C(C)(C)Oc1ccc(C(=O)c2ccc(Cl)cc2)cc1. The lowest BCUT2D eigenvalue weighted by atomic mass is 10.0. The molecule has 8 heteroatoms. The normalized spacial score (nSPS) is 11.0. The second-order valence-corrected chi connectivity index (χ2v) is 7.63. The van der Waals surface area contributed by atoms with Crippen LogP contribution in [0.2, 0.25) is 5.02 Å². The topological polar surface area (TPSA) is 95.9 Å². The van der Waals surface area contributed by atoms with Crippen molar-refractivity contribution in [2.45, 2.75) is 19.4 Å². The number of rotatable bonds is 9. The summed E-state index contributed by atoms with van der Waals surface area (Å²) in [5, 5.41) is 11.9. The van der Waals surface area contributed by atoms with Gasteiger partial charge in [-0.3, -0.25) is 14.4 Å². The largest absolute Gasteiger partial charge is 0.478 e. The van der Waals surface area contributed by atoms with Crippen molar-refractivity contribution in [3.05, 3.63) is 64.7 Å². The van der Waals surface area contributed by atoms with Gasteiger partial charge in [-0.2, -0.15) is 0 Å². The number of likely N-dealkylation sites (N-methyl/N-ethyl adjacent to an activating group) is 1. The van der Waals surface area contributed by atoms with Gasteiger partial charge in [0.15, 0.2) is 11.4 Å². The minimum atomic E-state index is -1.24. The Balaban J connectivity index is 1.97. The molecule has 0 aliphatic carbocycles. The van der Waals surface area contributed by atoms with Crippen LogP contribution in [0.5, 0.6) is 5.75 Å². The van der Waals surface area contributed by atoms with Crippen molar-refractivity contribution in [1.82, 2.24) is 10.2 Å². The highest BCUT2D eigenvalue weighted by Crippen LogP contribution is 2.21. The summed E-state index contributed by atoms with van der Waals surface area (Å²) in [5.41, 5.74) is -0.245. The third-order valence-corrected chi connectivity index (χ3v) is 4.66. The minimum absolute atomic E-state index is 0.151. The van der Waals surface area contributed by atoms with E-state index in [2.05, 4.69) is 5.32 Å². The quantitative estimate of drug-likeness (QED) is 0.593. The van der Waals surface area contributed by atoms with Crippen molar-refractivity contribution in [3.8, 4) is 5.75 Å². The second kappa shape index (κ2) is 10.2. The lowest BCUT2D eigenvalue weighted by molar-refractivity contribution is -0.138. The van der Waals surface area contributed by atoms with Crippen molar-refractivity contribution in [2.75, 3.05) is 26.7 Å². The molecule has 7 nitrogen and oxygen atoms in total. The van der Waals surface area contributed by atoms with Crippen LogP contribution in [0.1, 0.15) is 29.8 Å². The number of nitrogens with zero attached hydrogens (tertiary/aromatic N) is 1. The molecule has 0 aromatic heterocycles. The summed E-state index contributed by atoms with van der Waals surface area (Å²) in [7, 11) is 1.54. The zero-order valence-electron chi connectivity index (χ0n) is 17.1. The van der Waals surface area contributed by atoms with Gasteiger partial charge in [0, 0.05) is 29.7 Å². The van der Waals surface area contributed by atoms with E-state index in [1.807, 2.05) is 0 Å². The first kappa shape index (κ1) is 23.4. The number of ketones is 1. The molecule has 2 aromatic carbocycles. The van der Waals surface area contributed by atoms with Gasteiger partial charge in [-0.25, -0.2) is 0 Å². The molecule has 2 amide bonds. The average Bonchev–Trinajstić information content (AvgIpc) is 2.72. The number of amides is 2. The number of hydrogen-bond donors (Lipinski definition) is 2. The van der Waals surface area contributed by atoms with Crippen LogP contribution in [0.3, 0.4) is 0 Å². The molecule has 0 aliphatic heterocycles. The maximum absolute atomic E-state index is 12.5. The first-order valence-electron chi connectivity index (χ1n) is 9.36. The Morgan fingerprint density at radius 1 is 1.03 bits per heavy atom. The van der Waals surface area contributed by atoms with Gasteiger partial charge in [-0.05, 0) is 62.4 Å². The minimum Gasteiger partial charge on any atom is -0.478 e. The molecule has 0 bridgehead atoms. The first-order chi connectivity index (χ1) is 14.1. The smallest absolute Gasteiger partial charge is 0.264 e. The molecule has 0 unspecified atom stereocenters. The molecule has 2 rings (SSSR count). The number of halogens is 1. The highest BCUT2D eigenvalue weighted by molar-refractivity contribution is 6.30.